The minimum atomic E-state index is -0.856. The molecule has 0 saturated carbocycles. The van der Waals surface area contributed by atoms with Crippen molar-refractivity contribution >= 4 is 11.9 Å². The first kappa shape index (κ1) is 14.0. The number of hydrogen-bond acceptors (Lipinski definition) is 3. The lowest BCUT2D eigenvalue weighted by Crippen LogP contribution is -2.46. The molecule has 0 spiro atoms. The second kappa shape index (κ2) is 6.59. The van der Waals surface area contributed by atoms with E-state index in [-0.39, 0.29) is 24.3 Å². The molecule has 98 valence electrons. The van der Waals surface area contributed by atoms with Crippen LogP contribution < -0.4 is 5.32 Å². The van der Waals surface area contributed by atoms with Crippen LogP contribution in [0.3, 0.4) is 0 Å². The molecule has 1 heterocycles. The van der Waals surface area contributed by atoms with E-state index in [2.05, 4.69) is 5.32 Å². The topological polar surface area (TPSA) is 69.6 Å². The number of nitrogens with zero attached hydrogens (tertiary/aromatic N) is 1. The first-order valence-corrected chi connectivity index (χ1v) is 6.25. The van der Waals surface area contributed by atoms with Crippen LogP contribution in [0.15, 0.2) is 0 Å². The minimum absolute atomic E-state index is 0.0138. The van der Waals surface area contributed by atoms with E-state index in [1.165, 1.54) is 0 Å². The smallest absolute Gasteiger partial charge is 0.305 e. The average Bonchev–Trinajstić information content (AvgIpc) is 2.29. The van der Waals surface area contributed by atoms with Gasteiger partial charge < -0.3 is 15.3 Å². The summed E-state index contributed by atoms with van der Waals surface area (Å²) in [6.07, 6.45) is 1.94. The fraction of sp³-hybridized carbons (Fsp3) is 0.833. The van der Waals surface area contributed by atoms with Crippen molar-refractivity contribution in [3.05, 3.63) is 0 Å². The van der Waals surface area contributed by atoms with Crippen LogP contribution in [0.2, 0.25) is 0 Å². The maximum atomic E-state index is 12.2. The van der Waals surface area contributed by atoms with E-state index >= 15 is 0 Å². The third-order valence-corrected chi connectivity index (χ3v) is 3.12. The van der Waals surface area contributed by atoms with Gasteiger partial charge in [-0.3, -0.25) is 9.59 Å². The molecule has 1 aliphatic rings. The van der Waals surface area contributed by atoms with Crippen LogP contribution in [0.1, 0.15) is 33.1 Å². The maximum Gasteiger partial charge on any atom is 0.305 e. The molecule has 0 aromatic carbocycles. The number of rotatable bonds is 5. The van der Waals surface area contributed by atoms with Gasteiger partial charge in [0.2, 0.25) is 5.91 Å². The zero-order valence-electron chi connectivity index (χ0n) is 10.6. The number of piperidine rings is 1. The van der Waals surface area contributed by atoms with Gasteiger partial charge in [-0.2, -0.15) is 0 Å². The highest BCUT2D eigenvalue weighted by Gasteiger charge is 2.27. The van der Waals surface area contributed by atoms with Gasteiger partial charge in [0.1, 0.15) is 0 Å². The first-order chi connectivity index (χ1) is 8.02. The molecule has 5 heteroatoms. The Kier molecular flexibility index (Phi) is 5.41. The van der Waals surface area contributed by atoms with Crippen molar-refractivity contribution in [2.45, 2.75) is 39.2 Å². The summed E-state index contributed by atoms with van der Waals surface area (Å²) in [5.41, 5.74) is 0. The van der Waals surface area contributed by atoms with Crippen LogP contribution in [0.4, 0.5) is 0 Å². The Labute approximate surface area is 102 Å². The van der Waals surface area contributed by atoms with Gasteiger partial charge in [-0.25, -0.2) is 0 Å². The van der Waals surface area contributed by atoms with Crippen molar-refractivity contribution < 1.29 is 14.7 Å². The molecular formula is C12H22N2O3. The summed E-state index contributed by atoms with van der Waals surface area (Å²) in [6.45, 7) is 5.85. The Hall–Kier alpha value is -1.10. The number of carbonyl (C=O) groups excluding carboxylic acids is 1. The van der Waals surface area contributed by atoms with Crippen LogP contribution in [0.25, 0.3) is 0 Å². The molecule has 2 N–H and O–H groups in total. The standard InChI is InChI=1S/C12H22N2O3/c1-9(2)14(7-5-11(15)16)12(17)10-4-3-6-13-8-10/h9-10,13H,3-8H2,1-2H3,(H,15,16). The lowest BCUT2D eigenvalue weighted by atomic mass is 9.97. The molecule has 1 saturated heterocycles. The van der Waals surface area contributed by atoms with Crippen LogP contribution >= 0.6 is 0 Å². The lowest BCUT2D eigenvalue weighted by Gasteiger charge is -2.32. The molecule has 0 aliphatic carbocycles. The summed E-state index contributed by atoms with van der Waals surface area (Å²) in [4.78, 5) is 24.5. The fourth-order valence-corrected chi connectivity index (χ4v) is 2.14. The summed E-state index contributed by atoms with van der Waals surface area (Å²) in [5.74, 6) is -0.751. The van der Waals surface area contributed by atoms with Gasteiger partial charge in [-0.15, -0.1) is 0 Å². The third-order valence-electron chi connectivity index (χ3n) is 3.12. The highest BCUT2D eigenvalue weighted by Crippen LogP contribution is 2.15. The molecular weight excluding hydrogens is 220 g/mol. The van der Waals surface area contributed by atoms with Gasteiger partial charge in [0, 0.05) is 19.1 Å². The van der Waals surface area contributed by atoms with Gasteiger partial charge >= 0.3 is 5.97 Å². The van der Waals surface area contributed by atoms with Crippen LogP contribution in [-0.4, -0.2) is 47.6 Å². The first-order valence-electron chi connectivity index (χ1n) is 6.25. The molecule has 1 fully saturated rings. The summed E-state index contributed by atoms with van der Waals surface area (Å²) in [7, 11) is 0. The average molecular weight is 242 g/mol. The quantitative estimate of drug-likeness (QED) is 0.744. The van der Waals surface area contributed by atoms with E-state index < -0.39 is 5.97 Å². The zero-order chi connectivity index (χ0) is 12.8. The minimum Gasteiger partial charge on any atom is -0.481 e. The van der Waals surface area contributed by atoms with Crippen LogP contribution in [0, 0.1) is 5.92 Å². The molecule has 5 nitrogen and oxygen atoms in total. The molecule has 1 rings (SSSR count). The fourth-order valence-electron chi connectivity index (χ4n) is 2.14. The van der Waals surface area contributed by atoms with Crippen molar-refractivity contribution in [2.24, 2.45) is 5.92 Å². The molecule has 0 radical (unpaired) electrons. The number of aliphatic carboxylic acids is 1. The van der Waals surface area contributed by atoms with E-state index in [4.69, 9.17) is 5.11 Å². The zero-order valence-corrected chi connectivity index (χ0v) is 10.6. The molecule has 17 heavy (non-hydrogen) atoms. The summed E-state index contributed by atoms with van der Waals surface area (Å²) in [5, 5.41) is 11.9. The van der Waals surface area contributed by atoms with Crippen molar-refractivity contribution in [3.63, 3.8) is 0 Å². The predicted molar refractivity (Wildman–Crippen MR) is 64.7 cm³/mol. The Bertz CT molecular complexity index is 273. The molecule has 0 aromatic heterocycles. The number of amides is 1. The summed E-state index contributed by atoms with van der Waals surface area (Å²) in [6, 6.07) is 0.0591. The number of carboxylic acids is 1. The van der Waals surface area contributed by atoms with Crippen molar-refractivity contribution in [2.75, 3.05) is 19.6 Å². The number of nitrogens with one attached hydrogen (secondary N) is 1. The second-order valence-electron chi connectivity index (χ2n) is 4.81. The molecule has 1 atom stereocenters. The van der Waals surface area contributed by atoms with Crippen molar-refractivity contribution in [3.8, 4) is 0 Å². The van der Waals surface area contributed by atoms with Gasteiger partial charge in [-0.05, 0) is 33.2 Å². The van der Waals surface area contributed by atoms with Crippen LogP contribution in [0.5, 0.6) is 0 Å². The number of hydrogen-bond donors (Lipinski definition) is 2. The summed E-state index contributed by atoms with van der Waals surface area (Å²) < 4.78 is 0. The van der Waals surface area contributed by atoms with E-state index in [9.17, 15) is 9.59 Å². The molecule has 1 amide bonds. The normalized spacial score (nSPS) is 20.3. The van der Waals surface area contributed by atoms with Crippen molar-refractivity contribution in [1.29, 1.82) is 0 Å². The monoisotopic (exact) mass is 242 g/mol. The van der Waals surface area contributed by atoms with Gasteiger partial charge in [0.25, 0.3) is 0 Å². The Balaban J connectivity index is 2.55. The lowest BCUT2D eigenvalue weighted by molar-refractivity contribution is -0.141. The number of carboxylic acid groups (broad SMARTS) is 1. The molecule has 1 aliphatic heterocycles. The maximum absolute atomic E-state index is 12.2. The molecule has 1 unspecified atom stereocenters. The van der Waals surface area contributed by atoms with Gasteiger partial charge in [0.15, 0.2) is 0 Å². The highest BCUT2D eigenvalue weighted by molar-refractivity contribution is 5.80. The predicted octanol–water partition coefficient (Wildman–Crippen LogP) is 0.698. The third kappa shape index (κ3) is 4.34. The van der Waals surface area contributed by atoms with Crippen LogP contribution in [-0.2, 0) is 9.59 Å². The van der Waals surface area contributed by atoms with Crippen molar-refractivity contribution in [1.82, 2.24) is 10.2 Å². The number of carbonyl (C=O) groups is 2. The Morgan fingerprint density at radius 2 is 2.18 bits per heavy atom. The summed E-state index contributed by atoms with van der Waals surface area (Å²) >= 11 is 0. The van der Waals surface area contributed by atoms with E-state index in [1.54, 1.807) is 4.90 Å². The Morgan fingerprint density at radius 3 is 2.65 bits per heavy atom. The second-order valence-corrected chi connectivity index (χ2v) is 4.81. The van der Waals surface area contributed by atoms with Gasteiger partial charge in [-0.1, -0.05) is 0 Å². The van der Waals surface area contributed by atoms with E-state index in [1.807, 2.05) is 13.8 Å². The SMILES string of the molecule is CC(C)N(CCC(=O)O)C(=O)C1CCCNC1. The van der Waals surface area contributed by atoms with Gasteiger partial charge in [0.05, 0.1) is 12.3 Å². The molecule has 0 aromatic rings. The van der Waals surface area contributed by atoms with E-state index in [0.29, 0.717) is 6.54 Å². The molecule has 0 bridgehead atoms. The van der Waals surface area contributed by atoms with E-state index in [0.717, 1.165) is 25.9 Å². The largest absolute Gasteiger partial charge is 0.481 e. The Morgan fingerprint density at radius 1 is 1.47 bits per heavy atom. The highest BCUT2D eigenvalue weighted by atomic mass is 16.4.